The molecule has 2 heterocycles. The molecule has 4 aliphatic carbocycles. The number of nitrogens with zero attached hydrogens (tertiary/aromatic N) is 2. The van der Waals surface area contributed by atoms with E-state index in [-0.39, 0.29) is 77.9 Å². The molecule has 4 bridgehead atoms. The molecule has 43 heavy (non-hydrogen) atoms. The summed E-state index contributed by atoms with van der Waals surface area (Å²) in [7, 11) is 0. The fourth-order valence-electron chi connectivity index (χ4n) is 8.72. The molecule has 6 aliphatic rings. The van der Waals surface area contributed by atoms with Crippen molar-refractivity contribution in [2.45, 2.75) is 52.0 Å². The van der Waals surface area contributed by atoms with Crippen LogP contribution in [0.25, 0.3) is 0 Å². The lowest BCUT2D eigenvalue weighted by Gasteiger charge is -2.26. The van der Waals surface area contributed by atoms with Crippen LogP contribution < -0.4 is 0 Å². The Hall–Kier alpha value is -3.88. The molecule has 0 aromatic heterocycles. The number of carbonyl (C=O) groups excluding carboxylic acids is 6. The minimum atomic E-state index is -1.17. The fourth-order valence-corrected chi connectivity index (χ4v) is 8.72. The second kappa shape index (κ2) is 10.4. The quantitative estimate of drug-likeness (QED) is 0.136. The fraction of sp³-hybridized carbons (Fsp3) is 0.529. The second-order valence-electron chi connectivity index (χ2n) is 13.2. The van der Waals surface area contributed by atoms with Gasteiger partial charge in [-0.15, -0.1) is 0 Å². The Kier molecular flexibility index (Phi) is 6.74. The van der Waals surface area contributed by atoms with Gasteiger partial charge in [-0.1, -0.05) is 42.0 Å². The minimum absolute atomic E-state index is 0.00424. The molecule has 2 saturated heterocycles. The van der Waals surface area contributed by atoms with E-state index in [4.69, 9.17) is 4.74 Å². The first-order valence-corrected chi connectivity index (χ1v) is 15.5. The van der Waals surface area contributed by atoms with E-state index in [1.165, 1.54) is 4.90 Å². The SMILES string of the molecule is Cc1ccc(C)c(C(=O)COC(=O)[C@H](CCCCN2C(=O)[C@@H]3[C@H](C2=O)[C@H]2C=C[C@H]3C2)N2C(=O)[C@@H]3[C@@H](C2=O)[C@H]2C=C[C@H]3C2)c1. The maximum absolute atomic E-state index is 13.6. The van der Waals surface area contributed by atoms with Crippen LogP contribution in [0.1, 0.15) is 53.6 Å². The molecule has 4 fully saturated rings. The Morgan fingerprint density at radius 2 is 1.33 bits per heavy atom. The summed E-state index contributed by atoms with van der Waals surface area (Å²) in [6.07, 6.45) is 10.7. The summed E-state index contributed by atoms with van der Waals surface area (Å²) in [6, 6.07) is 4.31. The number of fused-ring (bicyclic) bond motifs is 10. The molecule has 2 aliphatic heterocycles. The maximum atomic E-state index is 13.6. The summed E-state index contributed by atoms with van der Waals surface area (Å²) in [6.45, 7) is 3.42. The number of Topliss-reactive ketones (excluding diaryl/α,β-unsaturated/α-hetero) is 1. The number of benzene rings is 1. The first-order valence-electron chi connectivity index (χ1n) is 15.5. The Labute approximate surface area is 250 Å². The molecule has 0 radical (unpaired) electrons. The third kappa shape index (κ3) is 4.33. The van der Waals surface area contributed by atoms with Gasteiger partial charge in [0.2, 0.25) is 29.4 Å². The third-order valence-electron chi connectivity index (χ3n) is 10.8. The Morgan fingerprint density at radius 1 is 0.791 bits per heavy atom. The molecule has 4 amide bonds. The van der Waals surface area contributed by atoms with E-state index in [1.54, 1.807) is 6.07 Å². The van der Waals surface area contributed by atoms with Gasteiger partial charge in [0.05, 0.1) is 23.7 Å². The van der Waals surface area contributed by atoms with Crippen molar-refractivity contribution >= 4 is 35.4 Å². The molecule has 7 rings (SSSR count). The smallest absolute Gasteiger partial charge is 0.329 e. The second-order valence-corrected chi connectivity index (χ2v) is 13.2. The summed E-state index contributed by atoms with van der Waals surface area (Å²) in [5.74, 6) is -3.26. The van der Waals surface area contributed by atoms with Gasteiger partial charge in [0.1, 0.15) is 6.04 Å². The number of ketones is 1. The molecule has 9 heteroatoms. The summed E-state index contributed by atoms with van der Waals surface area (Å²) >= 11 is 0. The average molecular weight is 585 g/mol. The van der Waals surface area contributed by atoms with E-state index in [2.05, 4.69) is 12.2 Å². The van der Waals surface area contributed by atoms with Gasteiger partial charge in [-0.2, -0.15) is 0 Å². The van der Waals surface area contributed by atoms with E-state index in [1.807, 2.05) is 38.1 Å². The van der Waals surface area contributed by atoms with Crippen molar-refractivity contribution in [1.29, 1.82) is 0 Å². The number of hydrogen-bond donors (Lipinski definition) is 0. The summed E-state index contributed by atoms with van der Waals surface area (Å²) < 4.78 is 5.49. The molecular formula is C34H36N2O7. The van der Waals surface area contributed by atoms with Gasteiger partial charge >= 0.3 is 5.97 Å². The monoisotopic (exact) mass is 584 g/mol. The van der Waals surface area contributed by atoms with Crippen LogP contribution in [0.3, 0.4) is 0 Å². The van der Waals surface area contributed by atoms with Crippen molar-refractivity contribution in [3.8, 4) is 0 Å². The number of hydrogen-bond acceptors (Lipinski definition) is 7. The van der Waals surface area contributed by atoms with Crippen molar-refractivity contribution in [2.24, 2.45) is 47.3 Å². The standard InChI is InChI=1S/C34H36N2O7/c1-17-6-7-18(2)23(13-17)25(37)16-43-34(42)24(36-32(40)28-21-10-11-22(15-21)29(28)33(36)41)5-3-4-12-35-30(38)26-19-8-9-20(14-19)27(26)31(35)39/h6-11,13,19-22,24,26-29H,3-5,12,14-16H2,1-2H3/t19-,20-,21-,22-,24-,26-,27+,28-,29-/m0/s1. The highest BCUT2D eigenvalue weighted by molar-refractivity contribution is 6.09. The molecule has 9 nitrogen and oxygen atoms in total. The molecule has 1 aromatic rings. The number of allylic oxidation sites excluding steroid dienone is 4. The Bertz CT molecular complexity index is 1450. The van der Waals surface area contributed by atoms with Crippen molar-refractivity contribution in [1.82, 2.24) is 9.80 Å². The van der Waals surface area contributed by atoms with Gasteiger partial charge < -0.3 is 4.74 Å². The zero-order chi connectivity index (χ0) is 30.2. The van der Waals surface area contributed by atoms with Crippen LogP contribution in [-0.2, 0) is 28.7 Å². The number of ether oxygens (including phenoxy) is 1. The highest BCUT2D eigenvalue weighted by Gasteiger charge is 2.61. The van der Waals surface area contributed by atoms with E-state index in [0.29, 0.717) is 18.4 Å². The first kappa shape index (κ1) is 27.9. The van der Waals surface area contributed by atoms with E-state index in [0.717, 1.165) is 28.9 Å². The Balaban J connectivity index is 1.03. The molecular weight excluding hydrogens is 548 g/mol. The molecule has 0 spiro atoms. The highest BCUT2D eigenvalue weighted by atomic mass is 16.5. The van der Waals surface area contributed by atoms with Gasteiger partial charge in [0.15, 0.2) is 6.61 Å². The van der Waals surface area contributed by atoms with Gasteiger partial charge in [0.25, 0.3) is 0 Å². The Morgan fingerprint density at radius 3 is 1.88 bits per heavy atom. The minimum Gasteiger partial charge on any atom is -0.456 e. The lowest BCUT2D eigenvalue weighted by molar-refractivity contribution is -0.159. The van der Waals surface area contributed by atoms with Crippen LogP contribution in [0, 0.1) is 61.2 Å². The van der Waals surface area contributed by atoms with Gasteiger partial charge in [-0.3, -0.25) is 33.8 Å². The lowest BCUT2D eigenvalue weighted by Crippen LogP contribution is -2.47. The lowest BCUT2D eigenvalue weighted by atomic mass is 9.85. The normalized spacial score (nSPS) is 33.6. The maximum Gasteiger partial charge on any atom is 0.329 e. The predicted molar refractivity (Wildman–Crippen MR) is 153 cm³/mol. The van der Waals surface area contributed by atoms with Gasteiger partial charge in [-0.05, 0) is 81.3 Å². The molecule has 2 saturated carbocycles. The zero-order valence-electron chi connectivity index (χ0n) is 24.4. The van der Waals surface area contributed by atoms with E-state index in [9.17, 15) is 28.8 Å². The van der Waals surface area contributed by atoms with Crippen LogP contribution in [0.2, 0.25) is 0 Å². The molecule has 9 atom stereocenters. The molecule has 0 N–H and O–H groups in total. The molecule has 1 aromatic carbocycles. The number of rotatable bonds is 10. The van der Waals surface area contributed by atoms with Crippen LogP contribution in [-0.4, -0.2) is 64.4 Å². The largest absolute Gasteiger partial charge is 0.456 e. The molecule has 224 valence electrons. The number of unbranched alkanes of at least 4 members (excludes halogenated alkanes) is 1. The van der Waals surface area contributed by atoms with Crippen LogP contribution in [0.5, 0.6) is 0 Å². The van der Waals surface area contributed by atoms with Crippen LogP contribution in [0.15, 0.2) is 42.5 Å². The van der Waals surface area contributed by atoms with Crippen LogP contribution in [0.4, 0.5) is 0 Å². The number of aryl methyl sites for hydroxylation is 2. The number of esters is 1. The summed E-state index contributed by atoms with van der Waals surface area (Å²) in [5, 5.41) is 0. The summed E-state index contributed by atoms with van der Waals surface area (Å²) in [4.78, 5) is 82.2. The van der Waals surface area contributed by atoms with E-state index >= 15 is 0 Å². The number of amides is 4. The number of imide groups is 2. The highest BCUT2D eigenvalue weighted by Crippen LogP contribution is 2.54. The predicted octanol–water partition coefficient (Wildman–Crippen LogP) is 3.18. The third-order valence-corrected chi connectivity index (χ3v) is 10.8. The summed E-state index contributed by atoms with van der Waals surface area (Å²) in [5.41, 5.74) is 2.13. The zero-order valence-corrected chi connectivity index (χ0v) is 24.4. The van der Waals surface area contributed by atoms with E-state index < -0.39 is 30.5 Å². The average Bonchev–Trinajstić information content (AvgIpc) is 3.84. The van der Waals surface area contributed by atoms with Gasteiger partial charge in [-0.25, -0.2) is 4.79 Å². The number of likely N-dealkylation sites (tertiary alicyclic amines) is 2. The number of carbonyl (C=O) groups is 6. The van der Waals surface area contributed by atoms with Crippen molar-refractivity contribution < 1.29 is 33.5 Å². The van der Waals surface area contributed by atoms with Crippen molar-refractivity contribution in [3.63, 3.8) is 0 Å². The van der Waals surface area contributed by atoms with Crippen molar-refractivity contribution in [3.05, 3.63) is 59.2 Å². The van der Waals surface area contributed by atoms with Crippen LogP contribution >= 0.6 is 0 Å². The topological polar surface area (TPSA) is 118 Å². The first-order chi connectivity index (χ1) is 20.7. The van der Waals surface area contributed by atoms with Crippen molar-refractivity contribution in [2.75, 3.05) is 13.2 Å². The van der Waals surface area contributed by atoms with Gasteiger partial charge in [0, 0.05) is 12.1 Å². The molecule has 0 unspecified atom stereocenters.